The van der Waals surface area contributed by atoms with Gasteiger partial charge in [-0.2, -0.15) is 0 Å². The molecule has 0 aliphatic rings. The van der Waals surface area contributed by atoms with Crippen molar-refractivity contribution in [3.63, 3.8) is 0 Å². The number of amides is 1. The summed E-state index contributed by atoms with van der Waals surface area (Å²) in [4.78, 5) is 15.0. The molecule has 0 saturated heterocycles. The van der Waals surface area contributed by atoms with Crippen LogP contribution in [0.2, 0.25) is 0 Å². The van der Waals surface area contributed by atoms with E-state index in [1.54, 1.807) is 13.5 Å². The lowest BCUT2D eigenvalue weighted by molar-refractivity contribution is -0.164. The average molecular weight is 116 g/mol. The second-order valence-corrected chi connectivity index (χ2v) is 1.29. The number of hydroxylamine groups is 2. The maximum atomic E-state index is 10.4. The van der Waals surface area contributed by atoms with Gasteiger partial charge in [0.05, 0.1) is 13.7 Å². The summed E-state index contributed by atoms with van der Waals surface area (Å²) in [5.41, 5.74) is 0. The largest absolute Gasteiger partial charge is 0.274 e. The lowest BCUT2D eigenvalue weighted by Gasteiger charge is -2.12. The van der Waals surface area contributed by atoms with Gasteiger partial charge in [-0.1, -0.05) is 0 Å². The number of hydrogen-bond acceptors (Lipinski definition) is 2. The summed E-state index contributed by atoms with van der Waals surface area (Å²) in [6.45, 7) is 4.72. The number of carbonyl (C=O) groups excluding carboxylic acids is 1. The van der Waals surface area contributed by atoms with Crippen LogP contribution in [0.1, 0.15) is 13.8 Å². The van der Waals surface area contributed by atoms with Gasteiger partial charge in [-0.15, -0.1) is 0 Å². The molecular weight excluding hydrogens is 106 g/mol. The molecule has 0 unspecified atom stereocenters. The average Bonchev–Trinajstić information content (AvgIpc) is 1.69. The molecule has 47 valence electrons. The van der Waals surface area contributed by atoms with Crippen LogP contribution in [0.5, 0.6) is 0 Å². The molecule has 1 radical (unpaired) electrons. The van der Waals surface area contributed by atoms with Gasteiger partial charge in [0.25, 0.3) is 0 Å². The summed E-state index contributed by atoms with van der Waals surface area (Å²) >= 11 is 0. The Balaban J connectivity index is 3.52. The predicted octanol–water partition coefficient (Wildman–Crippen LogP) is 0.578. The molecule has 0 spiro atoms. The first-order valence-electron chi connectivity index (χ1n) is 2.35. The summed E-state index contributed by atoms with van der Waals surface area (Å²) in [6.07, 6.45) is 0. The summed E-state index contributed by atoms with van der Waals surface area (Å²) in [5, 5.41) is 1.15. The van der Waals surface area contributed by atoms with E-state index in [1.807, 2.05) is 0 Å². The zero-order chi connectivity index (χ0) is 6.57. The summed E-state index contributed by atoms with van der Waals surface area (Å²) in [6, 6.07) is 0. The van der Waals surface area contributed by atoms with Crippen molar-refractivity contribution < 1.29 is 9.63 Å². The van der Waals surface area contributed by atoms with Crippen molar-refractivity contribution in [1.29, 1.82) is 0 Å². The van der Waals surface area contributed by atoms with Crippen LogP contribution in [0.25, 0.3) is 0 Å². The fraction of sp³-hybridized carbons (Fsp3) is 0.600. The number of nitrogens with zero attached hydrogens (tertiary/aromatic N) is 1. The van der Waals surface area contributed by atoms with Gasteiger partial charge in [-0.05, 0) is 6.92 Å². The third-order valence-corrected chi connectivity index (χ3v) is 0.742. The molecule has 0 rings (SSSR count). The Hall–Kier alpha value is -0.570. The van der Waals surface area contributed by atoms with Crippen molar-refractivity contribution in [1.82, 2.24) is 5.06 Å². The van der Waals surface area contributed by atoms with E-state index >= 15 is 0 Å². The highest BCUT2D eigenvalue weighted by Crippen LogP contribution is 1.90. The number of carbonyl (C=O) groups is 1. The third-order valence-electron chi connectivity index (χ3n) is 0.742. The first-order valence-corrected chi connectivity index (χ1v) is 2.35. The summed E-state index contributed by atoms with van der Waals surface area (Å²) in [5.74, 6) is -0.116. The Kier molecular flexibility index (Phi) is 3.19. The van der Waals surface area contributed by atoms with Crippen molar-refractivity contribution >= 4 is 5.91 Å². The van der Waals surface area contributed by atoms with Crippen LogP contribution in [0.15, 0.2) is 0 Å². The molecule has 8 heavy (non-hydrogen) atoms. The minimum Gasteiger partial charge on any atom is -0.274 e. The SMILES string of the molecule is C[CH]N(OC)C(C)=O. The molecule has 0 aliphatic heterocycles. The first kappa shape index (κ1) is 7.43. The van der Waals surface area contributed by atoms with E-state index in [2.05, 4.69) is 4.84 Å². The summed E-state index contributed by atoms with van der Waals surface area (Å²) < 4.78 is 0. The minimum absolute atomic E-state index is 0.116. The summed E-state index contributed by atoms with van der Waals surface area (Å²) in [7, 11) is 1.45. The molecule has 3 nitrogen and oxygen atoms in total. The maximum absolute atomic E-state index is 10.4. The molecule has 0 atom stereocenters. The highest BCUT2D eigenvalue weighted by atomic mass is 16.7. The predicted molar refractivity (Wildman–Crippen MR) is 29.5 cm³/mol. The monoisotopic (exact) mass is 116 g/mol. The van der Waals surface area contributed by atoms with Crippen molar-refractivity contribution in [3.8, 4) is 0 Å². The topological polar surface area (TPSA) is 29.5 Å². The van der Waals surface area contributed by atoms with Crippen molar-refractivity contribution in [3.05, 3.63) is 6.54 Å². The lowest BCUT2D eigenvalue weighted by atomic mass is 10.6. The van der Waals surface area contributed by atoms with Crippen LogP contribution in [0, 0.1) is 6.54 Å². The normalized spacial score (nSPS) is 8.88. The third kappa shape index (κ3) is 1.93. The Morgan fingerprint density at radius 1 is 1.75 bits per heavy atom. The Morgan fingerprint density at radius 2 is 2.25 bits per heavy atom. The fourth-order valence-electron chi connectivity index (χ4n) is 0.416. The quantitative estimate of drug-likeness (QED) is 0.494. The second-order valence-electron chi connectivity index (χ2n) is 1.29. The van der Waals surface area contributed by atoms with E-state index in [4.69, 9.17) is 0 Å². The Labute approximate surface area is 49.2 Å². The van der Waals surface area contributed by atoms with Gasteiger partial charge in [-0.25, -0.2) is 5.06 Å². The van der Waals surface area contributed by atoms with Crippen LogP contribution in [0.4, 0.5) is 0 Å². The van der Waals surface area contributed by atoms with Gasteiger partial charge < -0.3 is 0 Å². The highest BCUT2D eigenvalue weighted by molar-refractivity contribution is 5.72. The van der Waals surface area contributed by atoms with Gasteiger partial charge in [0.15, 0.2) is 0 Å². The zero-order valence-corrected chi connectivity index (χ0v) is 5.34. The van der Waals surface area contributed by atoms with E-state index < -0.39 is 0 Å². The van der Waals surface area contributed by atoms with E-state index in [0.717, 1.165) is 5.06 Å². The minimum atomic E-state index is -0.116. The second kappa shape index (κ2) is 3.43. The van der Waals surface area contributed by atoms with Crippen LogP contribution in [-0.2, 0) is 9.63 Å². The number of rotatable bonds is 2. The molecule has 0 aromatic heterocycles. The highest BCUT2D eigenvalue weighted by Gasteiger charge is 2.01. The van der Waals surface area contributed by atoms with E-state index in [-0.39, 0.29) is 5.91 Å². The maximum Gasteiger partial charge on any atom is 0.243 e. The van der Waals surface area contributed by atoms with Gasteiger partial charge >= 0.3 is 0 Å². The number of hydrogen-bond donors (Lipinski definition) is 0. The smallest absolute Gasteiger partial charge is 0.243 e. The standard InChI is InChI=1S/C5H10NO2/c1-4-6(8-3)5(2)7/h4H,1-3H3. The molecule has 0 aliphatic carbocycles. The molecule has 0 bridgehead atoms. The van der Waals surface area contributed by atoms with Crippen molar-refractivity contribution in [2.24, 2.45) is 0 Å². The fourth-order valence-corrected chi connectivity index (χ4v) is 0.416. The molecule has 0 fully saturated rings. The molecule has 0 N–H and O–H groups in total. The molecule has 0 heterocycles. The molecule has 0 saturated carbocycles. The molecule has 0 aromatic rings. The zero-order valence-electron chi connectivity index (χ0n) is 5.34. The Bertz CT molecular complexity index is 78.5. The van der Waals surface area contributed by atoms with E-state index in [9.17, 15) is 4.79 Å². The van der Waals surface area contributed by atoms with E-state index in [1.165, 1.54) is 14.0 Å². The van der Waals surface area contributed by atoms with Crippen LogP contribution in [0.3, 0.4) is 0 Å². The van der Waals surface area contributed by atoms with Crippen LogP contribution in [-0.4, -0.2) is 18.1 Å². The van der Waals surface area contributed by atoms with E-state index in [0.29, 0.717) is 0 Å². The molecule has 0 aromatic carbocycles. The molecular formula is C5H10NO2. The van der Waals surface area contributed by atoms with Crippen LogP contribution < -0.4 is 0 Å². The Morgan fingerprint density at radius 3 is 2.25 bits per heavy atom. The first-order chi connectivity index (χ1) is 3.72. The molecule has 1 amide bonds. The molecule has 3 heteroatoms. The van der Waals surface area contributed by atoms with Crippen molar-refractivity contribution in [2.75, 3.05) is 7.11 Å². The van der Waals surface area contributed by atoms with Gasteiger partial charge in [0.1, 0.15) is 0 Å². The van der Waals surface area contributed by atoms with Gasteiger partial charge in [0.2, 0.25) is 5.91 Å². The van der Waals surface area contributed by atoms with Crippen LogP contribution >= 0.6 is 0 Å². The van der Waals surface area contributed by atoms with Gasteiger partial charge in [-0.3, -0.25) is 9.63 Å². The van der Waals surface area contributed by atoms with Crippen molar-refractivity contribution in [2.45, 2.75) is 13.8 Å². The lowest BCUT2D eigenvalue weighted by Crippen LogP contribution is -2.23. The van der Waals surface area contributed by atoms with Gasteiger partial charge in [0, 0.05) is 6.92 Å².